The monoisotopic (exact) mass is 468 g/mol. The third-order valence-electron chi connectivity index (χ3n) is 5.02. The summed E-state index contributed by atoms with van der Waals surface area (Å²) in [6.45, 7) is 4.46. The number of hydrogen-bond donors (Lipinski definition) is 1. The molecule has 0 aliphatic heterocycles. The molecule has 0 heterocycles. The van der Waals surface area contributed by atoms with E-state index >= 15 is 0 Å². The van der Waals surface area contributed by atoms with Crippen molar-refractivity contribution in [3.63, 3.8) is 0 Å². The Hall–Kier alpha value is 2.03. The fraction of sp³-hybridized carbons (Fsp3) is 1.00. The Kier molecular flexibility index (Phi) is 31.3. The largest absolute Gasteiger partial charge is 1.00 e. The van der Waals surface area contributed by atoms with Crippen molar-refractivity contribution >= 4 is 7.82 Å². The van der Waals surface area contributed by atoms with E-state index in [1.54, 1.807) is 0 Å². The first-order valence-electron chi connectivity index (χ1n) is 11.3. The molecule has 170 valence electrons. The molecule has 0 aliphatic carbocycles. The van der Waals surface area contributed by atoms with Crippen molar-refractivity contribution in [3.8, 4) is 0 Å². The minimum Gasteiger partial charge on any atom is -0.790 e. The molecule has 1 N–H and O–H groups in total. The summed E-state index contributed by atoms with van der Waals surface area (Å²) < 4.78 is 20.1. The molecule has 0 aliphatic rings. The Morgan fingerprint density at radius 1 is 0.733 bits per heavy atom. The first-order valence-corrected chi connectivity index (χ1v) is 12.8. The maximum Gasteiger partial charge on any atom is 1.00 e. The van der Waals surface area contributed by atoms with E-state index in [9.17, 15) is 19.5 Å². The van der Waals surface area contributed by atoms with Crippen molar-refractivity contribution < 1.29 is 87.8 Å². The standard InChI is InChI=1S/C21H45O6P.2Na/c1-3-5-7-9-10-12-14-16-20(15-13-11-8-6-4-2)17-26-18-21(22)19-27-28(23,24)25;;/h20-22H,3-19H2,1-2H3,(H2,23,24,25);;/q;2*+1/p-2. The third kappa shape index (κ3) is 28.1. The van der Waals surface area contributed by atoms with Gasteiger partial charge in [0.25, 0.3) is 0 Å². The minimum atomic E-state index is -5.04. The molecule has 0 aromatic carbocycles. The van der Waals surface area contributed by atoms with E-state index in [2.05, 4.69) is 18.4 Å². The van der Waals surface area contributed by atoms with Crippen molar-refractivity contribution in [2.45, 2.75) is 110 Å². The second-order valence-corrected chi connectivity index (χ2v) is 9.07. The van der Waals surface area contributed by atoms with Gasteiger partial charge in [0.1, 0.15) is 6.10 Å². The van der Waals surface area contributed by atoms with Crippen LogP contribution in [-0.2, 0) is 13.8 Å². The Labute approximate surface area is 229 Å². The van der Waals surface area contributed by atoms with Gasteiger partial charge in [0, 0.05) is 6.61 Å². The summed E-state index contributed by atoms with van der Waals surface area (Å²) in [7, 11) is -5.04. The predicted molar refractivity (Wildman–Crippen MR) is 110 cm³/mol. The molecule has 0 rings (SSSR count). The second kappa shape index (κ2) is 25.6. The smallest absolute Gasteiger partial charge is 0.790 e. The molecule has 0 fully saturated rings. The molecule has 0 spiro atoms. The molecule has 9 heteroatoms. The van der Waals surface area contributed by atoms with Crippen LogP contribution < -0.4 is 68.9 Å². The van der Waals surface area contributed by atoms with Crippen molar-refractivity contribution in [3.05, 3.63) is 0 Å². The van der Waals surface area contributed by atoms with Gasteiger partial charge in [-0.05, 0) is 18.8 Å². The van der Waals surface area contributed by atoms with E-state index < -0.39 is 20.5 Å². The fourth-order valence-corrected chi connectivity index (χ4v) is 3.69. The molecular weight excluding hydrogens is 425 g/mol. The molecule has 0 saturated carbocycles. The van der Waals surface area contributed by atoms with Gasteiger partial charge in [-0.25, -0.2) is 0 Å². The molecule has 0 aromatic rings. The number of aliphatic hydroxyl groups is 1. The van der Waals surface area contributed by atoms with Crippen molar-refractivity contribution in [1.82, 2.24) is 0 Å². The molecule has 2 unspecified atom stereocenters. The summed E-state index contributed by atoms with van der Waals surface area (Å²) in [5, 5.41) is 9.67. The van der Waals surface area contributed by atoms with Crippen LogP contribution in [0.15, 0.2) is 0 Å². The second-order valence-electron chi connectivity index (χ2n) is 7.91. The Morgan fingerprint density at radius 3 is 1.60 bits per heavy atom. The van der Waals surface area contributed by atoms with E-state index in [-0.39, 0.29) is 65.7 Å². The number of hydrogen-bond acceptors (Lipinski definition) is 6. The van der Waals surface area contributed by atoms with Crippen molar-refractivity contribution in [1.29, 1.82) is 0 Å². The number of phosphoric ester groups is 1. The molecule has 0 saturated heterocycles. The topological polar surface area (TPSA) is 102 Å². The average molecular weight is 469 g/mol. The van der Waals surface area contributed by atoms with Gasteiger partial charge in [0.2, 0.25) is 0 Å². The third-order valence-corrected chi connectivity index (χ3v) is 5.49. The summed E-state index contributed by atoms with van der Waals surface area (Å²) in [6.07, 6.45) is 16.4. The molecule has 0 amide bonds. The Bertz CT molecular complexity index is 385. The van der Waals surface area contributed by atoms with Gasteiger partial charge in [0.15, 0.2) is 0 Å². The minimum absolute atomic E-state index is 0. The molecule has 0 bridgehead atoms. The van der Waals surface area contributed by atoms with Gasteiger partial charge in [-0.1, -0.05) is 90.9 Å². The number of rotatable bonds is 21. The number of aliphatic hydroxyl groups excluding tert-OH is 1. The first-order chi connectivity index (χ1) is 13.4. The molecule has 2 atom stereocenters. The predicted octanol–water partition coefficient (Wildman–Crippen LogP) is -1.67. The molecule has 0 aromatic heterocycles. The zero-order chi connectivity index (χ0) is 21.1. The van der Waals surface area contributed by atoms with E-state index in [0.29, 0.717) is 12.5 Å². The van der Waals surface area contributed by atoms with Gasteiger partial charge >= 0.3 is 59.1 Å². The molecule has 6 nitrogen and oxygen atoms in total. The van der Waals surface area contributed by atoms with Crippen LogP contribution >= 0.6 is 7.82 Å². The zero-order valence-electron chi connectivity index (χ0n) is 20.1. The van der Waals surface area contributed by atoms with Crippen LogP contribution in [0.3, 0.4) is 0 Å². The van der Waals surface area contributed by atoms with Gasteiger partial charge in [-0.3, -0.25) is 0 Å². The number of unbranched alkanes of at least 4 members (excludes halogenated alkanes) is 10. The average Bonchev–Trinajstić information content (AvgIpc) is 2.64. The number of phosphoric acid groups is 1. The summed E-state index contributed by atoms with van der Waals surface area (Å²) in [4.78, 5) is 20.9. The van der Waals surface area contributed by atoms with Gasteiger partial charge in [-0.2, -0.15) is 0 Å². The summed E-state index contributed by atoms with van der Waals surface area (Å²) in [5.74, 6) is 0.468. The zero-order valence-corrected chi connectivity index (χ0v) is 25.0. The first kappa shape index (κ1) is 36.6. The maximum atomic E-state index is 10.4. The van der Waals surface area contributed by atoms with Crippen LogP contribution in [0.5, 0.6) is 0 Å². The summed E-state index contributed by atoms with van der Waals surface area (Å²) in [5.41, 5.74) is 0. The van der Waals surface area contributed by atoms with Crippen molar-refractivity contribution in [2.75, 3.05) is 19.8 Å². The molecule has 0 radical (unpaired) electrons. The Morgan fingerprint density at radius 2 is 1.17 bits per heavy atom. The van der Waals surface area contributed by atoms with Crippen LogP contribution in [0.1, 0.15) is 104 Å². The summed E-state index contributed by atoms with van der Waals surface area (Å²) >= 11 is 0. The fourth-order valence-electron chi connectivity index (χ4n) is 3.33. The van der Waals surface area contributed by atoms with E-state index in [1.165, 1.54) is 77.0 Å². The van der Waals surface area contributed by atoms with Crippen LogP contribution in [0.4, 0.5) is 0 Å². The van der Waals surface area contributed by atoms with Gasteiger partial charge in [-0.15, -0.1) is 0 Å². The van der Waals surface area contributed by atoms with E-state index in [0.717, 1.165) is 12.8 Å². The maximum absolute atomic E-state index is 10.4. The van der Waals surface area contributed by atoms with Gasteiger partial charge < -0.3 is 28.7 Å². The van der Waals surface area contributed by atoms with Crippen LogP contribution in [-0.4, -0.2) is 31.0 Å². The normalized spacial score (nSPS) is 13.4. The van der Waals surface area contributed by atoms with E-state index in [1.807, 2.05) is 0 Å². The molecule has 30 heavy (non-hydrogen) atoms. The van der Waals surface area contributed by atoms with E-state index in [4.69, 9.17) is 4.74 Å². The molecular formula is C21H43Na2O6P. The summed E-state index contributed by atoms with van der Waals surface area (Å²) in [6, 6.07) is 0. The van der Waals surface area contributed by atoms with Crippen LogP contribution in [0, 0.1) is 5.92 Å². The van der Waals surface area contributed by atoms with Crippen LogP contribution in [0.2, 0.25) is 0 Å². The Balaban J connectivity index is -0.00000364. The quantitative estimate of drug-likeness (QED) is 0.123. The van der Waals surface area contributed by atoms with Crippen LogP contribution in [0.25, 0.3) is 0 Å². The van der Waals surface area contributed by atoms with Crippen molar-refractivity contribution in [2.24, 2.45) is 5.92 Å². The SMILES string of the molecule is CCCCCCCCCC(CCCCCCC)COCC(O)COP(=O)([O-])[O-].[Na+].[Na+]. The number of ether oxygens (including phenoxy) is 1. The van der Waals surface area contributed by atoms with Gasteiger partial charge in [0.05, 0.1) is 21.0 Å².